The summed E-state index contributed by atoms with van der Waals surface area (Å²) in [7, 11) is 0. The Morgan fingerprint density at radius 3 is 2.71 bits per heavy atom. The van der Waals surface area contributed by atoms with E-state index < -0.39 is 17.5 Å². The largest absolute Gasteiger partial charge is 0.490 e. The zero-order valence-electron chi connectivity index (χ0n) is 14.7. The molecule has 28 heavy (non-hydrogen) atoms. The van der Waals surface area contributed by atoms with E-state index in [9.17, 15) is 20.2 Å². The molecule has 0 heterocycles. The number of allylic oxidation sites excluding steroid dienone is 1. The van der Waals surface area contributed by atoms with Gasteiger partial charge in [-0.05, 0) is 58.9 Å². The van der Waals surface area contributed by atoms with Crippen molar-refractivity contribution in [3.63, 3.8) is 0 Å². The minimum Gasteiger partial charge on any atom is -0.490 e. The van der Waals surface area contributed by atoms with Gasteiger partial charge in [-0.3, -0.25) is 10.1 Å². The fourth-order valence-corrected chi connectivity index (χ4v) is 3.12. The number of carbonyl (C=O) groups is 1. The molecule has 0 bridgehead atoms. The van der Waals surface area contributed by atoms with Crippen LogP contribution >= 0.6 is 22.6 Å². The summed E-state index contributed by atoms with van der Waals surface area (Å²) in [5, 5.41) is 29.3. The number of non-ortho nitro benzene ring substituents is 1. The summed E-state index contributed by atoms with van der Waals surface area (Å²) in [4.78, 5) is 21.2. The van der Waals surface area contributed by atoms with Crippen LogP contribution in [0.3, 0.4) is 0 Å². The molecule has 0 aromatic heterocycles. The average molecular weight is 494 g/mol. The van der Waals surface area contributed by atoms with E-state index in [-0.39, 0.29) is 11.3 Å². The minimum atomic E-state index is -1.11. The van der Waals surface area contributed by atoms with Crippen molar-refractivity contribution < 1.29 is 24.3 Å². The summed E-state index contributed by atoms with van der Waals surface area (Å²) in [6.45, 7) is 1.60. The molecular weight excluding hydrogens is 479 g/mol. The van der Waals surface area contributed by atoms with Gasteiger partial charge in [0.05, 0.1) is 26.7 Å². The van der Waals surface area contributed by atoms with Crippen LogP contribution in [0.2, 0.25) is 0 Å². The number of benzene rings is 2. The quantitative estimate of drug-likeness (QED) is 0.193. The molecule has 0 amide bonds. The van der Waals surface area contributed by atoms with E-state index in [0.717, 1.165) is 0 Å². The smallest absolute Gasteiger partial charge is 0.341 e. The number of hydrogen-bond donors (Lipinski definition) is 1. The number of nitriles is 1. The Hall–Kier alpha value is -3.13. The number of rotatable bonds is 8. The number of aliphatic carboxylic acids is 1. The van der Waals surface area contributed by atoms with Crippen molar-refractivity contribution >= 4 is 45.9 Å². The third kappa shape index (κ3) is 5.43. The van der Waals surface area contributed by atoms with Gasteiger partial charge in [-0.2, -0.15) is 5.26 Å². The molecule has 9 heteroatoms. The van der Waals surface area contributed by atoms with Crippen molar-refractivity contribution in [3.05, 3.63) is 61.2 Å². The Morgan fingerprint density at radius 2 is 2.11 bits per heavy atom. The summed E-state index contributed by atoms with van der Waals surface area (Å²) in [5.41, 5.74) is 1.15. The van der Waals surface area contributed by atoms with E-state index in [2.05, 4.69) is 0 Å². The molecule has 144 valence electrons. The number of hydrogen-bond acceptors (Lipinski definition) is 6. The molecule has 2 aromatic rings. The first-order chi connectivity index (χ1) is 13.3. The molecule has 2 aromatic carbocycles. The van der Waals surface area contributed by atoms with Crippen LogP contribution < -0.4 is 9.47 Å². The van der Waals surface area contributed by atoms with Crippen molar-refractivity contribution in [3.8, 4) is 17.6 Å². The molecule has 0 saturated heterocycles. The average Bonchev–Trinajstić information content (AvgIpc) is 2.65. The van der Waals surface area contributed by atoms with Crippen molar-refractivity contribution in [2.45, 2.75) is 6.92 Å². The van der Waals surface area contributed by atoms with Crippen LogP contribution in [-0.2, 0) is 4.79 Å². The second-order valence-corrected chi connectivity index (χ2v) is 6.58. The lowest BCUT2D eigenvalue weighted by Crippen LogP contribution is -2.11. The van der Waals surface area contributed by atoms with Gasteiger partial charge in [-0.25, -0.2) is 4.79 Å². The van der Waals surface area contributed by atoms with Gasteiger partial charge in [-0.15, -0.1) is 0 Å². The number of carboxylic acid groups (broad SMARTS) is 1. The van der Waals surface area contributed by atoms with Crippen LogP contribution in [0.1, 0.15) is 18.1 Å². The first-order valence-corrected chi connectivity index (χ1v) is 9.11. The molecule has 0 unspecified atom stereocenters. The normalized spacial score (nSPS) is 10.8. The molecular formula is C19H15IN2O6. The Labute approximate surface area is 174 Å². The summed E-state index contributed by atoms with van der Waals surface area (Å²) < 4.78 is 11.4. The van der Waals surface area contributed by atoms with Crippen molar-refractivity contribution in [1.29, 1.82) is 5.26 Å². The van der Waals surface area contributed by atoms with Crippen molar-refractivity contribution in [2.24, 2.45) is 0 Å². The van der Waals surface area contributed by atoms with Crippen molar-refractivity contribution in [1.82, 2.24) is 0 Å². The standard InChI is InChI=1S/C19H15IN2O6/c1-2-27-17-8-12(7-16(20)19(17)28-11-18(23)24)6-14(10-21)13-4-3-5-15(9-13)22(25)26/h3-9H,2,11H2,1H3,(H,23,24)/b14-6-. The Kier molecular flexibility index (Phi) is 7.34. The molecule has 1 N–H and O–H groups in total. The predicted octanol–water partition coefficient (Wildman–Crippen LogP) is 4.13. The van der Waals surface area contributed by atoms with Crippen LogP contribution in [0, 0.1) is 25.0 Å². The topological polar surface area (TPSA) is 123 Å². The van der Waals surface area contributed by atoms with Gasteiger partial charge in [0.2, 0.25) is 0 Å². The van der Waals surface area contributed by atoms with E-state index in [0.29, 0.717) is 32.8 Å². The van der Waals surface area contributed by atoms with Crippen LogP contribution in [0.5, 0.6) is 11.5 Å². The van der Waals surface area contributed by atoms with Gasteiger partial charge in [0.15, 0.2) is 18.1 Å². The molecule has 0 atom stereocenters. The van der Waals surface area contributed by atoms with Gasteiger partial charge in [-0.1, -0.05) is 12.1 Å². The van der Waals surface area contributed by atoms with Gasteiger partial charge in [0, 0.05) is 12.1 Å². The number of nitrogens with zero attached hydrogens (tertiary/aromatic N) is 2. The van der Waals surface area contributed by atoms with Crippen LogP contribution in [0.25, 0.3) is 11.6 Å². The lowest BCUT2D eigenvalue weighted by molar-refractivity contribution is -0.384. The fourth-order valence-electron chi connectivity index (χ4n) is 2.34. The maximum absolute atomic E-state index is 11.0. The van der Waals surface area contributed by atoms with E-state index in [1.807, 2.05) is 28.7 Å². The van der Waals surface area contributed by atoms with Crippen LogP contribution in [-0.4, -0.2) is 29.2 Å². The minimum absolute atomic E-state index is 0.111. The van der Waals surface area contributed by atoms with Gasteiger partial charge in [0.1, 0.15) is 0 Å². The van der Waals surface area contributed by atoms with Gasteiger partial charge >= 0.3 is 5.97 Å². The number of carboxylic acids is 1. The molecule has 0 spiro atoms. The second kappa shape index (κ2) is 9.70. The van der Waals surface area contributed by atoms with E-state index >= 15 is 0 Å². The Balaban J connectivity index is 2.48. The first kappa shape index (κ1) is 21.2. The molecule has 0 aliphatic heterocycles. The third-order valence-electron chi connectivity index (χ3n) is 3.47. The summed E-state index contributed by atoms with van der Waals surface area (Å²) in [6.07, 6.45) is 1.57. The van der Waals surface area contributed by atoms with Gasteiger partial charge in [0.25, 0.3) is 5.69 Å². The zero-order chi connectivity index (χ0) is 20.7. The molecule has 0 fully saturated rings. The first-order valence-electron chi connectivity index (χ1n) is 8.03. The summed E-state index contributed by atoms with van der Waals surface area (Å²) in [5.74, 6) is -0.464. The number of halogens is 1. The molecule has 8 nitrogen and oxygen atoms in total. The highest BCUT2D eigenvalue weighted by Crippen LogP contribution is 2.35. The highest BCUT2D eigenvalue weighted by Gasteiger charge is 2.14. The highest BCUT2D eigenvalue weighted by atomic mass is 127. The molecule has 0 radical (unpaired) electrons. The monoisotopic (exact) mass is 494 g/mol. The third-order valence-corrected chi connectivity index (χ3v) is 4.27. The number of nitro groups is 1. The molecule has 0 aliphatic rings. The van der Waals surface area contributed by atoms with Crippen LogP contribution in [0.15, 0.2) is 36.4 Å². The molecule has 0 aliphatic carbocycles. The lowest BCUT2D eigenvalue weighted by atomic mass is 10.0. The number of nitro benzene ring substituents is 1. The summed E-state index contributed by atoms with van der Waals surface area (Å²) in [6, 6.07) is 11.2. The molecule has 2 rings (SSSR count). The van der Waals surface area contributed by atoms with E-state index in [1.165, 1.54) is 18.2 Å². The fraction of sp³-hybridized carbons (Fsp3) is 0.158. The second-order valence-electron chi connectivity index (χ2n) is 5.42. The zero-order valence-corrected chi connectivity index (χ0v) is 16.9. The Bertz CT molecular complexity index is 981. The van der Waals surface area contributed by atoms with E-state index in [4.69, 9.17) is 14.6 Å². The lowest BCUT2D eigenvalue weighted by Gasteiger charge is -2.13. The number of ether oxygens (including phenoxy) is 2. The van der Waals surface area contributed by atoms with Gasteiger partial charge < -0.3 is 14.6 Å². The summed E-state index contributed by atoms with van der Waals surface area (Å²) >= 11 is 1.99. The maximum Gasteiger partial charge on any atom is 0.341 e. The SMILES string of the molecule is CCOc1cc(/C=C(/C#N)c2cccc([N+](=O)[O-])c2)cc(I)c1OCC(=O)O. The predicted molar refractivity (Wildman–Crippen MR) is 110 cm³/mol. The molecule has 0 saturated carbocycles. The van der Waals surface area contributed by atoms with Crippen LogP contribution in [0.4, 0.5) is 5.69 Å². The van der Waals surface area contributed by atoms with E-state index in [1.54, 1.807) is 31.2 Å². The van der Waals surface area contributed by atoms with Crippen molar-refractivity contribution in [2.75, 3.05) is 13.2 Å². The maximum atomic E-state index is 11.0. The highest BCUT2D eigenvalue weighted by molar-refractivity contribution is 14.1. The Morgan fingerprint density at radius 1 is 1.36 bits per heavy atom.